The van der Waals surface area contributed by atoms with E-state index in [0.717, 1.165) is 18.8 Å². The van der Waals surface area contributed by atoms with Crippen molar-refractivity contribution in [1.29, 1.82) is 0 Å². The van der Waals surface area contributed by atoms with Gasteiger partial charge in [-0.2, -0.15) is 13.2 Å². The van der Waals surface area contributed by atoms with Gasteiger partial charge in [0, 0.05) is 55.5 Å². The summed E-state index contributed by atoms with van der Waals surface area (Å²) in [6, 6.07) is 8.65. The zero-order valence-corrected chi connectivity index (χ0v) is 24.6. The molecule has 1 amide bonds. The van der Waals surface area contributed by atoms with Gasteiger partial charge in [0.2, 0.25) is 5.88 Å². The Kier molecular flexibility index (Phi) is 9.13. The highest BCUT2D eigenvalue weighted by Gasteiger charge is 2.37. The molecular weight excluding hydrogens is 558 g/mol. The van der Waals surface area contributed by atoms with E-state index < -0.39 is 39.1 Å². The smallest absolute Gasteiger partial charge is 0.417 e. The summed E-state index contributed by atoms with van der Waals surface area (Å²) in [6.07, 6.45) is 3.74. The molecule has 0 bridgehead atoms. The van der Waals surface area contributed by atoms with Gasteiger partial charge in [-0.15, -0.1) is 0 Å². The van der Waals surface area contributed by atoms with Crippen molar-refractivity contribution in [3.63, 3.8) is 0 Å². The van der Waals surface area contributed by atoms with Crippen LogP contribution < -0.4 is 15.0 Å². The van der Waals surface area contributed by atoms with Crippen LogP contribution in [0.5, 0.6) is 5.88 Å². The Morgan fingerprint density at radius 2 is 1.90 bits per heavy atom. The van der Waals surface area contributed by atoms with Crippen molar-refractivity contribution < 1.29 is 27.1 Å². The number of carbonyl (C=O) groups is 1. The average Bonchev–Trinajstić information content (AvgIpc) is 2.89. The Hall–Kier alpha value is -3.38. The van der Waals surface area contributed by atoms with Crippen molar-refractivity contribution in [1.82, 2.24) is 14.9 Å². The molecule has 222 valence electrons. The maximum atomic E-state index is 14.6. The molecule has 4 rings (SSSR count). The lowest BCUT2D eigenvalue weighted by Crippen LogP contribution is -2.50. The molecule has 0 spiro atoms. The van der Waals surface area contributed by atoms with Crippen LogP contribution in [0.1, 0.15) is 22.8 Å². The first kappa shape index (κ1) is 30.6. The van der Waals surface area contributed by atoms with Gasteiger partial charge in [-0.25, -0.2) is 19.4 Å². The Balaban J connectivity index is 1.69. The van der Waals surface area contributed by atoms with E-state index in [0.29, 0.717) is 30.1 Å². The van der Waals surface area contributed by atoms with Gasteiger partial charge in [0.15, 0.2) is 0 Å². The standard InChI is InChI=1S/C29H35F4N5O2S/c1-19-18-38(12-11-37(19)2)25-9-8-20(27-23(30)7-6-10-34-27)15-24(25)36-28(39)21-17-35-26(16-22(21)29(31,32)33)40-13-14-41(3,4)5/h6-10,15-17,19H,11-14,18H2,1-5H3,(H,36,39)/t19-/m0/s1. The van der Waals surface area contributed by atoms with Gasteiger partial charge < -0.3 is 19.9 Å². The molecule has 1 aliphatic rings. The monoisotopic (exact) mass is 593 g/mol. The van der Waals surface area contributed by atoms with Crippen molar-refractivity contribution >= 4 is 27.3 Å². The highest BCUT2D eigenvalue weighted by molar-refractivity contribution is 8.32. The minimum absolute atomic E-state index is 0.0672. The first-order valence-corrected chi connectivity index (χ1v) is 16.1. The van der Waals surface area contributed by atoms with Crippen molar-refractivity contribution in [3.8, 4) is 17.1 Å². The summed E-state index contributed by atoms with van der Waals surface area (Å²) in [5.41, 5.74) is -0.482. The second-order valence-electron chi connectivity index (χ2n) is 11.0. The first-order valence-electron chi connectivity index (χ1n) is 13.1. The van der Waals surface area contributed by atoms with Gasteiger partial charge in [0.05, 0.1) is 29.1 Å². The van der Waals surface area contributed by atoms with Crippen LogP contribution >= 0.6 is 10.0 Å². The third kappa shape index (κ3) is 7.68. The Labute approximate surface area is 239 Å². The number of carbonyl (C=O) groups excluding carboxylic acids is 1. The van der Waals surface area contributed by atoms with E-state index in [1.807, 2.05) is 7.05 Å². The van der Waals surface area contributed by atoms with Crippen LogP contribution in [0.2, 0.25) is 0 Å². The molecule has 0 saturated carbocycles. The Morgan fingerprint density at radius 3 is 2.56 bits per heavy atom. The molecule has 1 fully saturated rings. The van der Waals surface area contributed by atoms with Gasteiger partial charge in [0.1, 0.15) is 11.5 Å². The molecule has 1 atom stereocenters. The van der Waals surface area contributed by atoms with Gasteiger partial charge in [-0.1, -0.05) is 6.07 Å². The summed E-state index contributed by atoms with van der Waals surface area (Å²) in [6.45, 7) is 4.31. The number of amides is 1. The van der Waals surface area contributed by atoms with E-state index in [1.54, 1.807) is 12.1 Å². The number of pyridine rings is 2. The molecule has 12 heteroatoms. The second-order valence-corrected chi connectivity index (χ2v) is 15.6. The summed E-state index contributed by atoms with van der Waals surface area (Å²) < 4.78 is 62.3. The van der Waals surface area contributed by atoms with Gasteiger partial charge in [-0.05, 0) is 57.0 Å². The number of benzene rings is 1. The van der Waals surface area contributed by atoms with Crippen molar-refractivity contribution in [2.45, 2.75) is 19.1 Å². The third-order valence-corrected chi connectivity index (χ3v) is 8.34. The van der Waals surface area contributed by atoms with E-state index in [4.69, 9.17) is 4.74 Å². The second kappa shape index (κ2) is 12.2. The van der Waals surface area contributed by atoms with Crippen LogP contribution in [-0.2, 0) is 6.18 Å². The number of rotatable bonds is 8. The summed E-state index contributed by atoms with van der Waals surface area (Å²) in [4.78, 5) is 25.7. The summed E-state index contributed by atoms with van der Waals surface area (Å²) in [5.74, 6) is -1.05. The molecule has 0 aliphatic carbocycles. The average molecular weight is 594 g/mol. The lowest BCUT2D eigenvalue weighted by atomic mass is 10.1. The van der Waals surface area contributed by atoms with Crippen LogP contribution in [0.4, 0.5) is 28.9 Å². The number of halogens is 4. The number of likely N-dealkylation sites (N-methyl/N-ethyl adjacent to an activating group) is 1. The third-order valence-electron chi connectivity index (χ3n) is 6.95. The van der Waals surface area contributed by atoms with Gasteiger partial charge >= 0.3 is 6.18 Å². The number of aromatic nitrogens is 2. The van der Waals surface area contributed by atoms with Gasteiger partial charge in [0.25, 0.3) is 5.91 Å². The maximum absolute atomic E-state index is 14.6. The van der Waals surface area contributed by atoms with Crippen molar-refractivity contribution in [3.05, 3.63) is 65.7 Å². The topological polar surface area (TPSA) is 70.6 Å². The minimum Gasteiger partial charge on any atom is -0.477 e. The largest absolute Gasteiger partial charge is 0.477 e. The summed E-state index contributed by atoms with van der Waals surface area (Å²) in [5, 5.41) is 2.65. The quantitative estimate of drug-likeness (QED) is 0.335. The molecule has 3 aromatic rings. The lowest BCUT2D eigenvalue weighted by Gasteiger charge is -2.39. The molecule has 1 aliphatic heterocycles. The first-order chi connectivity index (χ1) is 19.2. The van der Waals surface area contributed by atoms with E-state index in [1.165, 1.54) is 24.4 Å². The maximum Gasteiger partial charge on any atom is 0.417 e. The van der Waals surface area contributed by atoms with E-state index in [-0.39, 0.29) is 29.9 Å². The number of ether oxygens (including phenoxy) is 1. The molecule has 2 aromatic heterocycles. The number of hydrogen-bond acceptors (Lipinski definition) is 6. The molecule has 41 heavy (non-hydrogen) atoms. The lowest BCUT2D eigenvalue weighted by molar-refractivity contribution is -0.138. The van der Waals surface area contributed by atoms with Crippen molar-refractivity contribution in [2.75, 3.05) is 68.0 Å². The minimum atomic E-state index is -4.82. The SMILES string of the molecule is C[C@H]1CN(c2ccc(-c3ncccc3F)cc2NC(=O)c2cnc(OCCS(C)(C)C)cc2C(F)(F)F)CCN1C. The molecule has 0 unspecified atom stereocenters. The number of nitrogens with zero attached hydrogens (tertiary/aromatic N) is 4. The van der Waals surface area contributed by atoms with Crippen LogP contribution in [-0.4, -0.2) is 84.6 Å². The fourth-order valence-corrected chi connectivity index (χ4v) is 5.02. The summed E-state index contributed by atoms with van der Waals surface area (Å²) >= 11 is 0. The predicted octanol–water partition coefficient (Wildman–Crippen LogP) is 5.77. The number of hydrogen-bond donors (Lipinski definition) is 1. The van der Waals surface area contributed by atoms with E-state index in [2.05, 4.69) is 50.8 Å². The zero-order chi connectivity index (χ0) is 29.9. The number of nitrogens with one attached hydrogen (secondary N) is 1. The van der Waals surface area contributed by atoms with Crippen molar-refractivity contribution in [2.24, 2.45) is 0 Å². The molecule has 1 saturated heterocycles. The highest BCUT2D eigenvalue weighted by atomic mass is 32.3. The van der Waals surface area contributed by atoms with Crippen LogP contribution in [0.25, 0.3) is 11.3 Å². The highest BCUT2D eigenvalue weighted by Crippen LogP contribution is 2.37. The number of piperazine rings is 1. The Morgan fingerprint density at radius 1 is 1.15 bits per heavy atom. The molecular formula is C29H35F4N5O2S. The normalized spacial score (nSPS) is 16.9. The van der Waals surface area contributed by atoms with Crippen LogP contribution in [0, 0.1) is 5.82 Å². The fraction of sp³-hybridized carbons (Fsp3) is 0.414. The number of anilines is 2. The molecule has 0 radical (unpaired) electrons. The Bertz CT molecular complexity index is 1400. The predicted molar refractivity (Wildman–Crippen MR) is 157 cm³/mol. The van der Waals surface area contributed by atoms with Crippen LogP contribution in [0.3, 0.4) is 0 Å². The molecule has 1 N–H and O–H groups in total. The van der Waals surface area contributed by atoms with Crippen LogP contribution in [0.15, 0.2) is 48.8 Å². The molecule has 3 heterocycles. The fourth-order valence-electron chi connectivity index (χ4n) is 4.44. The summed E-state index contributed by atoms with van der Waals surface area (Å²) in [7, 11) is 1.11. The molecule has 7 nitrogen and oxygen atoms in total. The molecule has 1 aromatic carbocycles. The van der Waals surface area contributed by atoms with E-state index >= 15 is 0 Å². The number of alkyl halides is 3. The zero-order valence-electron chi connectivity index (χ0n) is 23.8. The van der Waals surface area contributed by atoms with Gasteiger partial charge in [-0.3, -0.25) is 9.78 Å². The van der Waals surface area contributed by atoms with E-state index in [9.17, 15) is 22.4 Å².